The molecule has 0 aliphatic heterocycles. The van der Waals surface area contributed by atoms with Crippen molar-refractivity contribution in [3.05, 3.63) is 34.9 Å². The molecule has 0 spiro atoms. The van der Waals surface area contributed by atoms with Gasteiger partial charge in [-0.1, -0.05) is 23.7 Å². The van der Waals surface area contributed by atoms with E-state index in [0.717, 1.165) is 18.4 Å². The van der Waals surface area contributed by atoms with Gasteiger partial charge in [0, 0.05) is 11.6 Å². The molecule has 2 fully saturated rings. The second kappa shape index (κ2) is 9.69. The number of carbonyl (C=O) groups excluding carboxylic acids is 2. The average Bonchev–Trinajstić information content (AvgIpc) is 3.52. The number of amides is 2. The molecule has 2 aliphatic rings. The minimum Gasteiger partial charge on any atom is -0.481 e. The molecule has 7 nitrogen and oxygen atoms in total. The Bertz CT molecular complexity index is 837. The Hall–Kier alpha value is -2.28. The fourth-order valence-corrected chi connectivity index (χ4v) is 4.60. The van der Waals surface area contributed by atoms with Gasteiger partial charge in [0.05, 0.1) is 17.4 Å². The molecule has 3 rings (SSSR count). The van der Waals surface area contributed by atoms with Crippen molar-refractivity contribution in [1.82, 2.24) is 10.6 Å². The number of aliphatic carboxylic acids is 1. The summed E-state index contributed by atoms with van der Waals surface area (Å²) < 4.78 is 5.42. The summed E-state index contributed by atoms with van der Waals surface area (Å²) in [7, 11) is 0. The van der Waals surface area contributed by atoms with E-state index < -0.39 is 23.1 Å². The van der Waals surface area contributed by atoms with Gasteiger partial charge in [-0.05, 0) is 82.9 Å². The highest BCUT2D eigenvalue weighted by Gasteiger charge is 2.51. The second-order valence-corrected chi connectivity index (χ2v) is 10.4. The zero-order valence-corrected chi connectivity index (χ0v) is 19.7. The maximum absolute atomic E-state index is 13.1. The summed E-state index contributed by atoms with van der Waals surface area (Å²) >= 11 is 5.99. The zero-order valence-electron chi connectivity index (χ0n) is 18.9. The van der Waals surface area contributed by atoms with Crippen LogP contribution >= 0.6 is 11.6 Å². The van der Waals surface area contributed by atoms with Crippen LogP contribution in [-0.4, -0.2) is 41.3 Å². The highest BCUT2D eigenvalue weighted by atomic mass is 35.5. The van der Waals surface area contributed by atoms with Crippen LogP contribution in [0, 0.1) is 11.8 Å². The van der Waals surface area contributed by atoms with Crippen LogP contribution in [0.4, 0.5) is 4.79 Å². The van der Waals surface area contributed by atoms with Crippen molar-refractivity contribution in [3.8, 4) is 0 Å². The number of hydrogen-bond acceptors (Lipinski definition) is 4. The van der Waals surface area contributed by atoms with Gasteiger partial charge in [0.1, 0.15) is 5.60 Å². The predicted octanol–water partition coefficient (Wildman–Crippen LogP) is 4.27. The summed E-state index contributed by atoms with van der Waals surface area (Å²) in [5.74, 6) is -1.10. The zero-order chi connectivity index (χ0) is 23.5. The van der Waals surface area contributed by atoms with Crippen LogP contribution in [0.5, 0.6) is 0 Å². The van der Waals surface area contributed by atoms with Crippen molar-refractivity contribution in [3.63, 3.8) is 0 Å². The molecule has 8 heteroatoms. The van der Waals surface area contributed by atoms with Crippen molar-refractivity contribution in [2.24, 2.45) is 11.8 Å². The van der Waals surface area contributed by atoms with Crippen LogP contribution < -0.4 is 10.6 Å². The number of carbonyl (C=O) groups is 3. The van der Waals surface area contributed by atoms with Gasteiger partial charge in [-0.15, -0.1) is 0 Å². The molecular weight excluding hydrogens is 432 g/mol. The number of nitrogens with one attached hydrogen (secondary N) is 2. The standard InChI is InChI=1S/C24H33ClN2O5/c1-23(2,3)32-22(31)27-19(15-4-6-16(7-5-15)20(28)29)14-26-21(30)24(12-13-24)17-8-10-18(25)11-9-17/h8-11,15-16,19H,4-7,12-14H2,1-3H3,(H,26,30)(H,27,31)(H,28,29). The molecular formula is C24H33ClN2O5. The van der Waals surface area contributed by atoms with Gasteiger partial charge >= 0.3 is 12.1 Å². The van der Waals surface area contributed by atoms with Crippen molar-refractivity contribution < 1.29 is 24.2 Å². The van der Waals surface area contributed by atoms with Crippen molar-refractivity contribution in [2.45, 2.75) is 76.4 Å². The number of hydrogen-bond donors (Lipinski definition) is 3. The quantitative estimate of drug-likeness (QED) is 0.558. The van der Waals surface area contributed by atoms with E-state index >= 15 is 0 Å². The van der Waals surface area contributed by atoms with Crippen LogP contribution in [-0.2, 0) is 19.7 Å². The molecule has 0 heterocycles. The molecule has 1 unspecified atom stereocenters. The third kappa shape index (κ3) is 6.15. The summed E-state index contributed by atoms with van der Waals surface area (Å²) in [6, 6.07) is 7.03. The Kier molecular flexibility index (Phi) is 7.38. The number of carboxylic acid groups (broad SMARTS) is 1. The molecule has 0 aromatic heterocycles. The van der Waals surface area contributed by atoms with E-state index in [0.29, 0.717) is 30.7 Å². The first-order valence-electron chi connectivity index (χ1n) is 11.3. The van der Waals surface area contributed by atoms with Crippen molar-refractivity contribution >= 4 is 29.6 Å². The minimum absolute atomic E-state index is 0.0602. The molecule has 1 aromatic carbocycles. The number of alkyl carbamates (subject to hydrolysis) is 1. The van der Waals surface area contributed by atoms with E-state index in [2.05, 4.69) is 10.6 Å². The maximum atomic E-state index is 13.1. The van der Waals surface area contributed by atoms with Crippen LogP contribution in [0.15, 0.2) is 24.3 Å². The van der Waals surface area contributed by atoms with Gasteiger partial charge in [0.15, 0.2) is 0 Å². The van der Waals surface area contributed by atoms with Crippen LogP contribution in [0.25, 0.3) is 0 Å². The van der Waals surface area contributed by atoms with Gasteiger partial charge < -0.3 is 20.5 Å². The Balaban J connectivity index is 1.65. The number of rotatable bonds is 7. The van der Waals surface area contributed by atoms with Gasteiger partial charge in [0.25, 0.3) is 0 Å². The first-order chi connectivity index (χ1) is 15.0. The van der Waals surface area contributed by atoms with E-state index in [1.807, 2.05) is 12.1 Å². The molecule has 3 N–H and O–H groups in total. The summed E-state index contributed by atoms with van der Waals surface area (Å²) in [6.45, 7) is 5.66. The highest BCUT2D eigenvalue weighted by Crippen LogP contribution is 2.48. The lowest BCUT2D eigenvalue weighted by Crippen LogP contribution is -2.51. The summed E-state index contributed by atoms with van der Waals surface area (Å²) in [6.07, 6.45) is 3.49. The molecule has 2 amide bonds. The Labute approximate surface area is 194 Å². The van der Waals surface area contributed by atoms with E-state index in [4.69, 9.17) is 16.3 Å². The van der Waals surface area contributed by atoms with E-state index in [-0.39, 0.29) is 30.3 Å². The Morgan fingerprint density at radius 3 is 2.22 bits per heavy atom. The second-order valence-electron chi connectivity index (χ2n) is 10.0. The minimum atomic E-state index is -0.771. The fraction of sp³-hybridized carbons (Fsp3) is 0.625. The summed E-state index contributed by atoms with van der Waals surface area (Å²) in [5.41, 5.74) is -0.230. The third-order valence-corrected chi connectivity index (χ3v) is 6.71. The molecule has 1 aromatic rings. The monoisotopic (exact) mass is 464 g/mol. The van der Waals surface area contributed by atoms with Crippen molar-refractivity contribution in [2.75, 3.05) is 6.54 Å². The Morgan fingerprint density at radius 2 is 1.72 bits per heavy atom. The lowest BCUT2D eigenvalue weighted by Gasteiger charge is -2.34. The average molecular weight is 465 g/mol. The number of benzene rings is 1. The van der Waals surface area contributed by atoms with Crippen molar-refractivity contribution in [1.29, 1.82) is 0 Å². The molecule has 32 heavy (non-hydrogen) atoms. The lowest BCUT2D eigenvalue weighted by atomic mass is 9.78. The topological polar surface area (TPSA) is 105 Å². The lowest BCUT2D eigenvalue weighted by molar-refractivity contribution is -0.143. The van der Waals surface area contributed by atoms with Gasteiger partial charge in [-0.25, -0.2) is 4.79 Å². The predicted molar refractivity (Wildman–Crippen MR) is 122 cm³/mol. The Morgan fingerprint density at radius 1 is 1.12 bits per heavy atom. The molecule has 1 atom stereocenters. The highest BCUT2D eigenvalue weighted by molar-refractivity contribution is 6.30. The smallest absolute Gasteiger partial charge is 0.407 e. The largest absolute Gasteiger partial charge is 0.481 e. The van der Waals surface area contributed by atoms with Gasteiger partial charge in [0.2, 0.25) is 5.91 Å². The van der Waals surface area contributed by atoms with Crippen LogP contribution in [0.3, 0.4) is 0 Å². The molecule has 0 radical (unpaired) electrons. The third-order valence-electron chi connectivity index (χ3n) is 6.46. The first kappa shape index (κ1) is 24.4. The number of carboxylic acids is 1. The molecule has 2 aliphatic carbocycles. The molecule has 176 valence electrons. The van der Waals surface area contributed by atoms with E-state index in [1.165, 1.54) is 0 Å². The normalized spacial score (nSPS) is 23.0. The van der Waals surface area contributed by atoms with Crippen LogP contribution in [0.2, 0.25) is 5.02 Å². The summed E-state index contributed by atoms with van der Waals surface area (Å²) in [4.78, 5) is 36.8. The molecule has 0 saturated heterocycles. The summed E-state index contributed by atoms with van der Waals surface area (Å²) in [5, 5.41) is 15.9. The van der Waals surface area contributed by atoms with Gasteiger partial charge in [-0.3, -0.25) is 9.59 Å². The number of ether oxygens (including phenoxy) is 1. The number of halogens is 1. The maximum Gasteiger partial charge on any atom is 0.407 e. The van der Waals surface area contributed by atoms with Crippen LogP contribution in [0.1, 0.15) is 64.9 Å². The van der Waals surface area contributed by atoms with E-state index in [1.54, 1.807) is 32.9 Å². The van der Waals surface area contributed by atoms with E-state index in [9.17, 15) is 19.5 Å². The van der Waals surface area contributed by atoms with Gasteiger partial charge in [-0.2, -0.15) is 0 Å². The SMILES string of the molecule is CC(C)(C)OC(=O)NC(CNC(=O)C1(c2ccc(Cl)cc2)CC1)C1CCC(C(=O)O)CC1. The first-order valence-corrected chi connectivity index (χ1v) is 11.6. The fourth-order valence-electron chi connectivity index (χ4n) is 4.48. The molecule has 0 bridgehead atoms. The molecule has 2 saturated carbocycles.